The van der Waals surface area contributed by atoms with E-state index in [1.807, 2.05) is 33.8 Å². The number of fused-ring (bicyclic) bond motifs is 1. The molecule has 0 spiro atoms. The maximum atomic E-state index is 13.8. The summed E-state index contributed by atoms with van der Waals surface area (Å²) in [4.78, 5) is 66.2. The fourth-order valence-electron chi connectivity index (χ4n) is 10.1. The van der Waals surface area contributed by atoms with E-state index in [1.54, 1.807) is 6.08 Å². The first kappa shape index (κ1) is 48.8. The van der Waals surface area contributed by atoms with Crippen molar-refractivity contribution < 1.29 is 73.6 Å². The van der Waals surface area contributed by atoms with E-state index < -0.39 is 97.8 Å². The molecule has 336 valence electrons. The Kier molecular flexibility index (Phi) is 16.9. The number of aliphatic hydroxyl groups is 5. The maximum absolute atomic E-state index is 13.8. The van der Waals surface area contributed by atoms with Crippen LogP contribution in [0.5, 0.6) is 0 Å². The van der Waals surface area contributed by atoms with E-state index >= 15 is 0 Å². The highest BCUT2D eigenvalue weighted by Gasteiger charge is 2.56. The Balaban J connectivity index is 1.61. The second kappa shape index (κ2) is 20.8. The second-order valence-corrected chi connectivity index (χ2v) is 18.2. The maximum Gasteiger partial charge on any atom is 0.336 e. The van der Waals surface area contributed by atoms with Gasteiger partial charge in [-0.1, -0.05) is 65.8 Å². The number of cyclic esters (lactones) is 1. The average molecular weight is 847 g/mol. The number of hydrogen-bond donors (Lipinski definition) is 6. The number of methoxy groups -OCH3 is 1. The molecule has 4 aliphatic rings. The number of carboxylic acid groups (broad SMARTS) is 1. The zero-order valence-electron chi connectivity index (χ0n) is 36.0. The van der Waals surface area contributed by atoms with Crippen LogP contribution in [-0.4, -0.2) is 118 Å². The van der Waals surface area contributed by atoms with Crippen LogP contribution in [0.4, 0.5) is 0 Å². The van der Waals surface area contributed by atoms with Crippen LogP contribution in [0.1, 0.15) is 80.1 Å². The summed E-state index contributed by atoms with van der Waals surface area (Å²) in [6.07, 6.45) is 8.60. The fraction of sp³-hybridized carbons (Fsp3) is 0.711. The Bertz CT molecular complexity index is 1710. The Morgan fingerprint density at radius 3 is 1.88 bits per heavy atom. The number of carbonyl (C=O) groups is 5. The van der Waals surface area contributed by atoms with Crippen LogP contribution in [0.15, 0.2) is 46.6 Å². The number of carboxylic acids is 1. The number of esters is 4. The number of allylic oxidation sites excluding steroid dienone is 4. The Labute approximate surface area is 352 Å². The van der Waals surface area contributed by atoms with Crippen LogP contribution in [0.25, 0.3) is 0 Å². The van der Waals surface area contributed by atoms with Crippen molar-refractivity contribution in [3.63, 3.8) is 0 Å². The molecule has 1 heterocycles. The minimum absolute atomic E-state index is 0.00601. The molecular formula is C45H66O15. The molecule has 60 heavy (non-hydrogen) atoms. The van der Waals surface area contributed by atoms with Gasteiger partial charge >= 0.3 is 29.8 Å². The van der Waals surface area contributed by atoms with E-state index in [1.165, 1.54) is 12.2 Å². The summed E-state index contributed by atoms with van der Waals surface area (Å²) in [6.45, 7) is 8.35. The Morgan fingerprint density at radius 2 is 1.35 bits per heavy atom. The lowest BCUT2D eigenvalue weighted by atomic mass is 9.61. The minimum Gasteiger partial charge on any atom is -0.478 e. The van der Waals surface area contributed by atoms with Gasteiger partial charge in [-0.15, -0.1) is 0 Å². The molecule has 0 saturated heterocycles. The molecule has 0 aromatic rings. The average Bonchev–Trinajstić information content (AvgIpc) is 3.39. The van der Waals surface area contributed by atoms with Crippen LogP contribution in [0.3, 0.4) is 0 Å². The number of carbonyl (C=O) groups excluding carboxylic acids is 4. The van der Waals surface area contributed by atoms with E-state index in [9.17, 15) is 54.6 Å². The molecule has 0 radical (unpaired) electrons. The summed E-state index contributed by atoms with van der Waals surface area (Å²) in [5, 5.41) is 64.4. The summed E-state index contributed by atoms with van der Waals surface area (Å²) in [7, 11) is 1.14. The van der Waals surface area contributed by atoms with Crippen molar-refractivity contribution in [2.75, 3.05) is 46.8 Å². The summed E-state index contributed by atoms with van der Waals surface area (Å²) < 4.78 is 21.7. The quantitative estimate of drug-likeness (QED) is 0.0565. The van der Waals surface area contributed by atoms with E-state index in [2.05, 4.69) is 13.8 Å². The van der Waals surface area contributed by atoms with Gasteiger partial charge < -0.3 is 49.6 Å². The summed E-state index contributed by atoms with van der Waals surface area (Å²) in [6, 6.07) is 0. The molecule has 4 rings (SSSR count). The van der Waals surface area contributed by atoms with Crippen molar-refractivity contribution in [1.29, 1.82) is 0 Å². The monoisotopic (exact) mass is 846 g/mol. The topological polar surface area (TPSA) is 244 Å². The minimum atomic E-state index is -2.00. The Hall–Kier alpha value is -3.89. The van der Waals surface area contributed by atoms with Crippen molar-refractivity contribution in [3.8, 4) is 0 Å². The fourth-order valence-corrected chi connectivity index (χ4v) is 10.1. The third-order valence-electron chi connectivity index (χ3n) is 13.5. The van der Waals surface area contributed by atoms with Gasteiger partial charge in [0.1, 0.15) is 31.0 Å². The molecule has 15 nitrogen and oxygen atoms in total. The highest BCUT2D eigenvalue weighted by atomic mass is 16.6. The SMILES string of the molecule is COC(=O)C1C(/C=C(\CO)C(=O)OCC2(O)CCC(C(C)C)C3C=C(C(=O)O)COC(=O)C32)C(C(C)C)CCC1(O)COC(=O)/C(=C/C1C=C(CO)CCC1C(C)C)CO. The highest BCUT2D eigenvalue weighted by Crippen LogP contribution is 2.49. The zero-order chi connectivity index (χ0) is 44.7. The molecule has 0 bridgehead atoms. The number of rotatable bonds is 16. The van der Waals surface area contributed by atoms with Crippen LogP contribution in [0.2, 0.25) is 0 Å². The molecule has 10 atom stereocenters. The van der Waals surface area contributed by atoms with Crippen LogP contribution < -0.4 is 0 Å². The van der Waals surface area contributed by atoms with Crippen LogP contribution in [-0.2, 0) is 42.9 Å². The zero-order valence-corrected chi connectivity index (χ0v) is 36.0. The normalized spacial score (nSPS) is 32.7. The van der Waals surface area contributed by atoms with Crippen LogP contribution in [0, 0.1) is 65.1 Å². The number of ether oxygens (including phenoxy) is 4. The van der Waals surface area contributed by atoms with Crippen LogP contribution >= 0.6 is 0 Å². The van der Waals surface area contributed by atoms with Crippen molar-refractivity contribution in [2.24, 2.45) is 65.1 Å². The van der Waals surface area contributed by atoms with E-state index in [0.717, 1.165) is 25.5 Å². The van der Waals surface area contributed by atoms with Gasteiger partial charge in [0, 0.05) is 0 Å². The lowest BCUT2D eigenvalue weighted by Crippen LogP contribution is -2.56. The Morgan fingerprint density at radius 1 is 0.800 bits per heavy atom. The van der Waals surface area contributed by atoms with Crippen molar-refractivity contribution in [2.45, 2.75) is 91.3 Å². The van der Waals surface area contributed by atoms with Crippen molar-refractivity contribution in [3.05, 3.63) is 46.6 Å². The third-order valence-corrected chi connectivity index (χ3v) is 13.5. The summed E-state index contributed by atoms with van der Waals surface area (Å²) in [5.74, 6) is -9.64. The molecule has 15 heteroatoms. The number of aliphatic carboxylic acids is 1. The molecule has 10 unspecified atom stereocenters. The third kappa shape index (κ3) is 10.9. The predicted molar refractivity (Wildman–Crippen MR) is 216 cm³/mol. The first-order chi connectivity index (χ1) is 28.2. The van der Waals surface area contributed by atoms with E-state index in [4.69, 9.17) is 18.9 Å². The molecule has 0 amide bonds. The predicted octanol–water partition coefficient (Wildman–Crippen LogP) is 3.31. The van der Waals surface area contributed by atoms with Crippen molar-refractivity contribution >= 4 is 29.8 Å². The molecule has 0 aromatic carbocycles. The molecule has 3 aliphatic carbocycles. The van der Waals surface area contributed by atoms with Gasteiger partial charge in [-0.25, -0.2) is 14.4 Å². The van der Waals surface area contributed by atoms with Gasteiger partial charge in [0.05, 0.1) is 55.5 Å². The lowest BCUT2D eigenvalue weighted by Gasteiger charge is -2.47. The van der Waals surface area contributed by atoms with Crippen molar-refractivity contribution in [1.82, 2.24) is 0 Å². The lowest BCUT2D eigenvalue weighted by molar-refractivity contribution is -0.182. The van der Waals surface area contributed by atoms with E-state index in [-0.39, 0.29) is 77.6 Å². The van der Waals surface area contributed by atoms with Gasteiger partial charge in [-0.05, 0) is 97.4 Å². The first-order valence-electron chi connectivity index (χ1n) is 21.2. The van der Waals surface area contributed by atoms with E-state index in [0.29, 0.717) is 12.8 Å². The molecule has 6 N–H and O–H groups in total. The smallest absolute Gasteiger partial charge is 0.336 e. The molecule has 2 saturated carbocycles. The molecule has 1 aliphatic heterocycles. The summed E-state index contributed by atoms with van der Waals surface area (Å²) >= 11 is 0. The van der Waals surface area contributed by atoms with Gasteiger partial charge in [0.2, 0.25) is 0 Å². The molecular weight excluding hydrogens is 780 g/mol. The first-order valence-corrected chi connectivity index (χ1v) is 21.2. The molecule has 0 aromatic heterocycles. The number of aliphatic hydroxyl groups excluding tert-OH is 3. The van der Waals surface area contributed by atoms with Gasteiger partial charge in [-0.3, -0.25) is 9.59 Å². The highest BCUT2D eigenvalue weighted by molar-refractivity contribution is 5.90. The van der Waals surface area contributed by atoms with Gasteiger partial charge in [0.15, 0.2) is 0 Å². The molecule has 2 fully saturated rings. The number of hydrogen-bond acceptors (Lipinski definition) is 14. The standard InChI is InChI=1S/C45H66O15/c1-24(2)32-9-8-27(18-46)14-28(32)15-29(19-47)40(51)59-22-44(55)12-10-33(25(3)4)35(37(44)42(53)57-7)16-30(20-48)41(52)60-23-45(56)13-11-34(26(5)6)36-17-31(39(49)50)21-58-43(54)38(36)45/h14-17,24-26,28,32-38,46-48,55-56H,8-13,18-23H2,1-7H3,(H,49,50)/b29-15+,30-16+. The van der Waals surface area contributed by atoms with Gasteiger partial charge in [0.25, 0.3) is 0 Å². The summed E-state index contributed by atoms with van der Waals surface area (Å²) in [5.41, 5.74) is -3.56. The van der Waals surface area contributed by atoms with Gasteiger partial charge in [-0.2, -0.15) is 0 Å². The second-order valence-electron chi connectivity index (χ2n) is 18.2. The largest absolute Gasteiger partial charge is 0.478 e.